The zero-order chi connectivity index (χ0) is 14.5. The first-order chi connectivity index (χ1) is 10.3. The number of anilines is 2. The molecule has 1 aliphatic heterocycles. The number of nitrogens with zero attached hydrogens (tertiary/aromatic N) is 1. The first-order valence-corrected chi connectivity index (χ1v) is 7.21. The summed E-state index contributed by atoms with van der Waals surface area (Å²) >= 11 is 0. The van der Waals surface area contributed by atoms with Crippen LogP contribution < -0.4 is 5.32 Å². The van der Waals surface area contributed by atoms with Crippen LogP contribution in [0, 0.1) is 5.82 Å². The summed E-state index contributed by atoms with van der Waals surface area (Å²) in [6.07, 6.45) is 0. The molecule has 0 atom stereocenters. The Hall–Kier alpha value is -1.91. The molecule has 0 amide bonds. The second-order valence-electron chi connectivity index (χ2n) is 5.22. The van der Waals surface area contributed by atoms with Gasteiger partial charge in [0, 0.05) is 31.0 Å². The third-order valence-electron chi connectivity index (χ3n) is 3.58. The van der Waals surface area contributed by atoms with Gasteiger partial charge in [-0.3, -0.25) is 4.90 Å². The van der Waals surface area contributed by atoms with Crippen LogP contribution >= 0.6 is 0 Å². The van der Waals surface area contributed by atoms with Crippen LogP contribution in [0.1, 0.15) is 5.56 Å². The first-order valence-electron chi connectivity index (χ1n) is 7.21. The van der Waals surface area contributed by atoms with Gasteiger partial charge in [0.1, 0.15) is 5.82 Å². The minimum Gasteiger partial charge on any atom is -0.379 e. The fourth-order valence-corrected chi connectivity index (χ4v) is 2.44. The Bertz CT molecular complexity index is 580. The maximum absolute atomic E-state index is 13.1. The summed E-state index contributed by atoms with van der Waals surface area (Å²) in [5.74, 6) is -0.232. The standard InChI is InChI=1S/C17H19FN2O/c18-15-2-1-3-17(12-15)19-16-6-4-14(5-7-16)13-20-8-10-21-11-9-20/h1-7,12,19H,8-11,13H2. The molecule has 1 aliphatic rings. The third kappa shape index (κ3) is 4.03. The average Bonchev–Trinajstić information content (AvgIpc) is 2.50. The summed E-state index contributed by atoms with van der Waals surface area (Å²) < 4.78 is 18.5. The highest BCUT2D eigenvalue weighted by Crippen LogP contribution is 2.18. The van der Waals surface area contributed by atoms with E-state index in [1.165, 1.54) is 17.7 Å². The third-order valence-corrected chi connectivity index (χ3v) is 3.58. The quantitative estimate of drug-likeness (QED) is 0.932. The van der Waals surface area contributed by atoms with E-state index < -0.39 is 0 Å². The molecule has 0 aromatic heterocycles. The second kappa shape index (κ2) is 6.70. The maximum Gasteiger partial charge on any atom is 0.125 e. The van der Waals surface area contributed by atoms with E-state index in [9.17, 15) is 4.39 Å². The van der Waals surface area contributed by atoms with Gasteiger partial charge in [0.15, 0.2) is 0 Å². The maximum atomic E-state index is 13.1. The molecule has 1 fully saturated rings. The summed E-state index contributed by atoms with van der Waals surface area (Å²) in [7, 11) is 0. The lowest BCUT2D eigenvalue weighted by molar-refractivity contribution is 0.0342. The van der Waals surface area contributed by atoms with Crippen molar-refractivity contribution in [2.45, 2.75) is 6.54 Å². The predicted octanol–water partition coefficient (Wildman–Crippen LogP) is 3.40. The van der Waals surface area contributed by atoms with Crippen LogP contribution in [0.15, 0.2) is 48.5 Å². The SMILES string of the molecule is Fc1cccc(Nc2ccc(CN3CCOCC3)cc2)c1. The summed E-state index contributed by atoms with van der Waals surface area (Å²) in [6, 6.07) is 14.8. The van der Waals surface area contributed by atoms with Crippen molar-refractivity contribution in [3.8, 4) is 0 Å². The van der Waals surface area contributed by atoms with Crippen molar-refractivity contribution in [1.29, 1.82) is 0 Å². The van der Waals surface area contributed by atoms with E-state index >= 15 is 0 Å². The molecule has 0 saturated carbocycles. The van der Waals surface area contributed by atoms with Crippen molar-refractivity contribution in [3.05, 3.63) is 59.9 Å². The Morgan fingerprint density at radius 2 is 1.76 bits per heavy atom. The molecule has 4 heteroatoms. The van der Waals surface area contributed by atoms with Gasteiger partial charge in [0.2, 0.25) is 0 Å². The number of hydrogen-bond donors (Lipinski definition) is 1. The van der Waals surface area contributed by atoms with Gasteiger partial charge in [-0.2, -0.15) is 0 Å². The van der Waals surface area contributed by atoms with Crippen LogP contribution in [-0.2, 0) is 11.3 Å². The molecule has 110 valence electrons. The zero-order valence-corrected chi connectivity index (χ0v) is 11.9. The molecule has 2 aromatic carbocycles. The molecule has 1 saturated heterocycles. The summed E-state index contributed by atoms with van der Waals surface area (Å²) in [5, 5.41) is 3.20. The molecule has 2 aromatic rings. The lowest BCUT2D eigenvalue weighted by Gasteiger charge is -2.26. The lowest BCUT2D eigenvalue weighted by Crippen LogP contribution is -2.35. The van der Waals surface area contributed by atoms with Crippen molar-refractivity contribution in [3.63, 3.8) is 0 Å². The van der Waals surface area contributed by atoms with Crippen molar-refractivity contribution < 1.29 is 9.13 Å². The van der Waals surface area contributed by atoms with E-state index in [4.69, 9.17) is 4.74 Å². The fraction of sp³-hybridized carbons (Fsp3) is 0.294. The highest BCUT2D eigenvalue weighted by molar-refractivity contribution is 5.59. The van der Waals surface area contributed by atoms with Crippen LogP contribution in [0.2, 0.25) is 0 Å². The van der Waals surface area contributed by atoms with Crippen molar-refractivity contribution in [2.24, 2.45) is 0 Å². The second-order valence-corrected chi connectivity index (χ2v) is 5.22. The average molecular weight is 286 g/mol. The van der Waals surface area contributed by atoms with Gasteiger partial charge in [0.25, 0.3) is 0 Å². The van der Waals surface area contributed by atoms with Gasteiger partial charge in [-0.05, 0) is 35.9 Å². The molecule has 3 nitrogen and oxygen atoms in total. The van der Waals surface area contributed by atoms with Crippen LogP contribution in [0.4, 0.5) is 15.8 Å². The molecule has 3 rings (SSSR count). The fourth-order valence-electron chi connectivity index (χ4n) is 2.44. The van der Waals surface area contributed by atoms with E-state index in [0.717, 1.165) is 44.2 Å². The topological polar surface area (TPSA) is 24.5 Å². The van der Waals surface area contributed by atoms with Gasteiger partial charge in [-0.25, -0.2) is 4.39 Å². The number of rotatable bonds is 4. The van der Waals surface area contributed by atoms with Crippen LogP contribution in [0.3, 0.4) is 0 Å². The van der Waals surface area contributed by atoms with Crippen LogP contribution in [0.5, 0.6) is 0 Å². The van der Waals surface area contributed by atoms with Gasteiger partial charge in [-0.1, -0.05) is 18.2 Å². The van der Waals surface area contributed by atoms with Gasteiger partial charge < -0.3 is 10.1 Å². The van der Waals surface area contributed by atoms with Crippen molar-refractivity contribution in [1.82, 2.24) is 4.90 Å². The number of halogens is 1. The van der Waals surface area contributed by atoms with E-state index in [1.54, 1.807) is 6.07 Å². The number of nitrogens with one attached hydrogen (secondary N) is 1. The minimum atomic E-state index is -0.232. The molecule has 0 radical (unpaired) electrons. The highest BCUT2D eigenvalue weighted by Gasteiger charge is 2.10. The number of benzene rings is 2. The molecule has 0 spiro atoms. The molecule has 0 aliphatic carbocycles. The minimum absolute atomic E-state index is 0.232. The Labute approximate surface area is 124 Å². The van der Waals surface area contributed by atoms with Crippen molar-refractivity contribution >= 4 is 11.4 Å². The van der Waals surface area contributed by atoms with Gasteiger partial charge in [-0.15, -0.1) is 0 Å². The Balaban J connectivity index is 1.61. The van der Waals surface area contributed by atoms with Crippen molar-refractivity contribution in [2.75, 3.05) is 31.6 Å². The molecule has 21 heavy (non-hydrogen) atoms. The molecule has 0 unspecified atom stereocenters. The molecular weight excluding hydrogens is 267 g/mol. The van der Waals surface area contributed by atoms with Crippen LogP contribution in [-0.4, -0.2) is 31.2 Å². The highest BCUT2D eigenvalue weighted by atomic mass is 19.1. The smallest absolute Gasteiger partial charge is 0.125 e. The number of hydrogen-bond acceptors (Lipinski definition) is 3. The van der Waals surface area contributed by atoms with Crippen LogP contribution in [0.25, 0.3) is 0 Å². The molecular formula is C17H19FN2O. The number of morpholine rings is 1. The van der Waals surface area contributed by atoms with Gasteiger partial charge in [0.05, 0.1) is 13.2 Å². The Morgan fingerprint density at radius 3 is 2.48 bits per heavy atom. The van der Waals surface area contributed by atoms with Gasteiger partial charge >= 0.3 is 0 Å². The van der Waals surface area contributed by atoms with E-state index in [0.29, 0.717) is 0 Å². The van der Waals surface area contributed by atoms with E-state index in [-0.39, 0.29) is 5.82 Å². The van der Waals surface area contributed by atoms with E-state index in [2.05, 4.69) is 22.3 Å². The van der Waals surface area contributed by atoms with E-state index in [1.807, 2.05) is 18.2 Å². The Kier molecular flexibility index (Phi) is 4.48. The predicted molar refractivity (Wildman–Crippen MR) is 82.2 cm³/mol. The summed E-state index contributed by atoms with van der Waals surface area (Å²) in [4.78, 5) is 2.39. The number of ether oxygens (including phenoxy) is 1. The normalized spacial score (nSPS) is 15.9. The lowest BCUT2D eigenvalue weighted by atomic mass is 10.2. The zero-order valence-electron chi connectivity index (χ0n) is 11.9. The summed E-state index contributed by atoms with van der Waals surface area (Å²) in [5.41, 5.74) is 3.00. The largest absolute Gasteiger partial charge is 0.379 e. The molecule has 0 bridgehead atoms. The Morgan fingerprint density at radius 1 is 1.00 bits per heavy atom. The first kappa shape index (κ1) is 14.0. The summed E-state index contributed by atoms with van der Waals surface area (Å²) in [6.45, 7) is 4.56. The molecule has 1 heterocycles. The monoisotopic (exact) mass is 286 g/mol. The molecule has 1 N–H and O–H groups in total.